The second kappa shape index (κ2) is 10.4. The second-order valence-corrected chi connectivity index (χ2v) is 6.60. The average molecular weight is 377 g/mol. The number of pyridine rings is 1. The highest BCUT2D eigenvalue weighted by molar-refractivity contribution is 5.61. The number of nitrogens with one attached hydrogen (secondary N) is 1. The van der Waals surface area contributed by atoms with Crippen molar-refractivity contribution in [2.45, 2.75) is 12.8 Å². The van der Waals surface area contributed by atoms with Gasteiger partial charge in [0, 0.05) is 57.9 Å². The summed E-state index contributed by atoms with van der Waals surface area (Å²) in [7, 11) is 3.78. The summed E-state index contributed by atoms with van der Waals surface area (Å²) < 4.78 is 5.12. The van der Waals surface area contributed by atoms with Crippen molar-refractivity contribution < 1.29 is 4.74 Å². The Labute approximate surface area is 166 Å². The summed E-state index contributed by atoms with van der Waals surface area (Å²) in [5.74, 6) is 2.45. The van der Waals surface area contributed by atoms with Gasteiger partial charge in [0.05, 0.1) is 0 Å². The molecule has 2 heterocycles. The van der Waals surface area contributed by atoms with E-state index in [4.69, 9.17) is 14.7 Å². The Hall–Kier alpha value is -2.99. The zero-order valence-electron chi connectivity index (χ0n) is 16.5. The predicted octanol–water partition coefficient (Wildman–Crippen LogP) is 3.67. The third kappa shape index (κ3) is 5.76. The number of rotatable bonds is 10. The quantitative estimate of drug-likeness (QED) is 0.544. The fourth-order valence-electron chi connectivity index (χ4n) is 2.83. The molecular weight excluding hydrogens is 350 g/mol. The maximum absolute atomic E-state index is 5.12. The van der Waals surface area contributed by atoms with Crippen molar-refractivity contribution in [3.63, 3.8) is 0 Å². The third-order valence-electron chi connectivity index (χ3n) is 4.45. The normalized spacial score (nSPS) is 10.6. The minimum Gasteiger partial charge on any atom is -0.385 e. The Kier molecular flexibility index (Phi) is 7.32. The summed E-state index contributed by atoms with van der Waals surface area (Å²) in [4.78, 5) is 15.7. The standard InChI is InChI=1S/C22H27N5O/c1-27(15-11-18-9-13-23-14-10-18)21-17-20(24-12-6-16-28-2)25-22(26-21)19-7-4-3-5-8-19/h3-5,7-10,13-14,17H,6,11-12,15-16H2,1-2H3,(H,24,25,26). The second-order valence-electron chi connectivity index (χ2n) is 6.60. The molecule has 6 heteroatoms. The topological polar surface area (TPSA) is 63.2 Å². The van der Waals surface area contributed by atoms with Crippen LogP contribution >= 0.6 is 0 Å². The van der Waals surface area contributed by atoms with Gasteiger partial charge < -0.3 is 15.0 Å². The molecule has 28 heavy (non-hydrogen) atoms. The number of benzene rings is 1. The fourth-order valence-corrected chi connectivity index (χ4v) is 2.83. The van der Waals surface area contributed by atoms with Crippen molar-refractivity contribution in [3.05, 3.63) is 66.5 Å². The van der Waals surface area contributed by atoms with Gasteiger partial charge in [0.25, 0.3) is 0 Å². The van der Waals surface area contributed by atoms with Crippen LogP contribution in [0.3, 0.4) is 0 Å². The van der Waals surface area contributed by atoms with E-state index in [0.29, 0.717) is 0 Å². The number of nitrogens with zero attached hydrogens (tertiary/aromatic N) is 4. The van der Waals surface area contributed by atoms with Crippen LogP contribution in [0, 0.1) is 0 Å². The maximum Gasteiger partial charge on any atom is 0.163 e. The molecule has 0 fully saturated rings. The predicted molar refractivity (Wildman–Crippen MR) is 114 cm³/mol. The summed E-state index contributed by atoms with van der Waals surface area (Å²) >= 11 is 0. The molecule has 0 radical (unpaired) electrons. The van der Waals surface area contributed by atoms with E-state index >= 15 is 0 Å². The Morgan fingerprint density at radius 1 is 1.04 bits per heavy atom. The Morgan fingerprint density at radius 3 is 2.57 bits per heavy atom. The molecule has 0 spiro atoms. The van der Waals surface area contributed by atoms with E-state index in [0.717, 1.165) is 55.6 Å². The molecule has 0 aliphatic rings. The molecule has 0 unspecified atom stereocenters. The Balaban J connectivity index is 1.77. The van der Waals surface area contributed by atoms with Gasteiger partial charge in [-0.3, -0.25) is 4.98 Å². The number of hydrogen-bond donors (Lipinski definition) is 1. The molecule has 0 saturated heterocycles. The van der Waals surface area contributed by atoms with Gasteiger partial charge in [0.15, 0.2) is 5.82 Å². The van der Waals surface area contributed by atoms with Gasteiger partial charge in [-0.05, 0) is 30.5 Å². The van der Waals surface area contributed by atoms with Crippen LogP contribution in [-0.2, 0) is 11.2 Å². The van der Waals surface area contributed by atoms with Crippen molar-refractivity contribution >= 4 is 11.6 Å². The molecule has 0 aliphatic heterocycles. The zero-order chi connectivity index (χ0) is 19.6. The summed E-state index contributed by atoms with van der Waals surface area (Å²) in [6, 6.07) is 16.2. The largest absolute Gasteiger partial charge is 0.385 e. The molecule has 3 rings (SSSR count). The van der Waals surface area contributed by atoms with Crippen LogP contribution in [0.5, 0.6) is 0 Å². The molecule has 0 amide bonds. The highest BCUT2D eigenvalue weighted by Crippen LogP contribution is 2.22. The van der Waals surface area contributed by atoms with Crippen LogP contribution < -0.4 is 10.2 Å². The highest BCUT2D eigenvalue weighted by atomic mass is 16.5. The zero-order valence-corrected chi connectivity index (χ0v) is 16.5. The van der Waals surface area contributed by atoms with Crippen molar-refractivity contribution in [2.24, 2.45) is 0 Å². The minimum atomic E-state index is 0.725. The summed E-state index contributed by atoms with van der Waals surface area (Å²) in [6.07, 6.45) is 5.51. The van der Waals surface area contributed by atoms with E-state index in [2.05, 4.69) is 22.2 Å². The van der Waals surface area contributed by atoms with Crippen LogP contribution in [-0.4, -0.2) is 48.8 Å². The lowest BCUT2D eigenvalue weighted by atomic mass is 10.2. The molecule has 3 aromatic rings. The van der Waals surface area contributed by atoms with Crippen LogP contribution in [0.2, 0.25) is 0 Å². The van der Waals surface area contributed by atoms with E-state index < -0.39 is 0 Å². The number of anilines is 2. The van der Waals surface area contributed by atoms with Gasteiger partial charge in [-0.2, -0.15) is 0 Å². The molecule has 146 valence electrons. The summed E-state index contributed by atoms with van der Waals surface area (Å²) in [5.41, 5.74) is 2.27. The van der Waals surface area contributed by atoms with Crippen molar-refractivity contribution in [3.8, 4) is 11.4 Å². The van der Waals surface area contributed by atoms with Gasteiger partial charge in [0.2, 0.25) is 0 Å². The van der Waals surface area contributed by atoms with Crippen LogP contribution in [0.1, 0.15) is 12.0 Å². The minimum absolute atomic E-state index is 0.725. The number of hydrogen-bond acceptors (Lipinski definition) is 6. The Bertz CT molecular complexity index is 842. The average Bonchev–Trinajstić information content (AvgIpc) is 2.76. The monoisotopic (exact) mass is 377 g/mol. The highest BCUT2D eigenvalue weighted by Gasteiger charge is 2.10. The lowest BCUT2D eigenvalue weighted by molar-refractivity contribution is 0.198. The molecule has 0 atom stereocenters. The fraction of sp³-hybridized carbons (Fsp3) is 0.318. The number of aromatic nitrogens is 3. The third-order valence-corrected chi connectivity index (χ3v) is 4.45. The summed E-state index contributed by atoms with van der Waals surface area (Å²) in [5, 5.41) is 3.39. The number of likely N-dealkylation sites (N-methyl/N-ethyl adjacent to an activating group) is 1. The van der Waals surface area contributed by atoms with Crippen LogP contribution in [0.4, 0.5) is 11.6 Å². The van der Waals surface area contributed by atoms with Gasteiger partial charge in [-0.25, -0.2) is 9.97 Å². The van der Waals surface area contributed by atoms with Crippen LogP contribution in [0.15, 0.2) is 60.9 Å². The maximum atomic E-state index is 5.12. The summed E-state index contributed by atoms with van der Waals surface area (Å²) in [6.45, 7) is 2.39. The first-order valence-electron chi connectivity index (χ1n) is 9.53. The molecule has 1 N–H and O–H groups in total. The lowest BCUT2D eigenvalue weighted by Gasteiger charge is -2.20. The smallest absolute Gasteiger partial charge is 0.163 e. The van der Waals surface area contributed by atoms with E-state index in [1.54, 1.807) is 7.11 Å². The molecule has 0 bridgehead atoms. The number of ether oxygens (including phenoxy) is 1. The van der Waals surface area contributed by atoms with E-state index in [-0.39, 0.29) is 0 Å². The van der Waals surface area contributed by atoms with Crippen molar-refractivity contribution in [1.82, 2.24) is 15.0 Å². The first-order valence-corrected chi connectivity index (χ1v) is 9.53. The molecule has 0 aliphatic carbocycles. The van der Waals surface area contributed by atoms with Gasteiger partial charge in [-0.15, -0.1) is 0 Å². The van der Waals surface area contributed by atoms with E-state index in [1.165, 1.54) is 5.56 Å². The molecule has 0 saturated carbocycles. The first kappa shape index (κ1) is 19.8. The Morgan fingerprint density at radius 2 is 1.82 bits per heavy atom. The van der Waals surface area contributed by atoms with Gasteiger partial charge in [0.1, 0.15) is 11.6 Å². The number of methoxy groups -OCH3 is 1. The van der Waals surface area contributed by atoms with Gasteiger partial charge >= 0.3 is 0 Å². The lowest BCUT2D eigenvalue weighted by Crippen LogP contribution is -2.22. The van der Waals surface area contributed by atoms with Crippen molar-refractivity contribution in [1.29, 1.82) is 0 Å². The molecule has 1 aromatic carbocycles. The molecule has 2 aromatic heterocycles. The van der Waals surface area contributed by atoms with Crippen LogP contribution in [0.25, 0.3) is 11.4 Å². The molecule has 6 nitrogen and oxygen atoms in total. The molecular formula is C22H27N5O. The SMILES string of the molecule is COCCCNc1cc(N(C)CCc2ccncc2)nc(-c2ccccc2)n1. The van der Waals surface area contributed by atoms with E-state index in [1.807, 2.05) is 60.9 Å². The van der Waals surface area contributed by atoms with Gasteiger partial charge in [-0.1, -0.05) is 30.3 Å². The van der Waals surface area contributed by atoms with E-state index in [9.17, 15) is 0 Å². The van der Waals surface area contributed by atoms with Crippen molar-refractivity contribution in [2.75, 3.05) is 44.1 Å². The first-order chi connectivity index (χ1) is 13.8.